The van der Waals surface area contributed by atoms with E-state index in [4.69, 9.17) is 5.73 Å². The fraction of sp³-hybridized carbons (Fsp3) is 0.857. The van der Waals surface area contributed by atoms with Crippen LogP contribution >= 0.6 is 0 Å². The van der Waals surface area contributed by atoms with Gasteiger partial charge < -0.3 is 10.3 Å². The van der Waals surface area contributed by atoms with Crippen molar-refractivity contribution in [2.75, 3.05) is 0 Å². The number of rotatable bonds is 3. The molecule has 1 heterocycles. The van der Waals surface area contributed by atoms with Crippen molar-refractivity contribution in [1.82, 2.24) is 14.8 Å². The lowest BCUT2D eigenvalue weighted by Crippen LogP contribution is -2.38. The molecule has 0 spiro atoms. The Balaban J connectivity index is 2.07. The van der Waals surface area contributed by atoms with Gasteiger partial charge in [0, 0.05) is 18.5 Å². The lowest BCUT2D eigenvalue weighted by Gasteiger charge is -2.28. The van der Waals surface area contributed by atoms with E-state index in [0.717, 1.165) is 12.2 Å². The largest absolute Gasteiger partial charge is 0.327 e. The van der Waals surface area contributed by atoms with Gasteiger partial charge in [-0.25, -0.2) is 0 Å². The SMILES string of the molecule is CC(C)(C)C(N)Cc1nncn1C1CCCCC1. The van der Waals surface area contributed by atoms with Crippen molar-refractivity contribution >= 4 is 0 Å². The molecule has 0 saturated heterocycles. The van der Waals surface area contributed by atoms with Gasteiger partial charge in [0.25, 0.3) is 0 Å². The van der Waals surface area contributed by atoms with Crippen LogP contribution in [0.25, 0.3) is 0 Å². The summed E-state index contributed by atoms with van der Waals surface area (Å²) in [6.07, 6.45) is 9.25. The molecule has 4 heteroatoms. The molecule has 1 fully saturated rings. The van der Waals surface area contributed by atoms with E-state index < -0.39 is 0 Å². The normalized spacial score (nSPS) is 20.0. The van der Waals surface area contributed by atoms with Crippen LogP contribution in [-0.2, 0) is 6.42 Å². The lowest BCUT2D eigenvalue weighted by atomic mass is 9.85. The molecular formula is C14H26N4. The number of hydrogen-bond acceptors (Lipinski definition) is 3. The molecule has 102 valence electrons. The maximum Gasteiger partial charge on any atom is 0.134 e. The van der Waals surface area contributed by atoms with Crippen molar-refractivity contribution in [3.8, 4) is 0 Å². The minimum absolute atomic E-state index is 0.114. The van der Waals surface area contributed by atoms with E-state index in [0.29, 0.717) is 6.04 Å². The second-order valence-corrected chi connectivity index (χ2v) is 6.62. The van der Waals surface area contributed by atoms with E-state index in [1.807, 2.05) is 6.33 Å². The van der Waals surface area contributed by atoms with Crippen molar-refractivity contribution in [3.05, 3.63) is 12.2 Å². The molecule has 1 aromatic heterocycles. The van der Waals surface area contributed by atoms with Crippen LogP contribution in [0.15, 0.2) is 6.33 Å². The first-order valence-corrected chi connectivity index (χ1v) is 7.12. The monoisotopic (exact) mass is 250 g/mol. The highest BCUT2D eigenvalue weighted by molar-refractivity contribution is 4.96. The summed E-state index contributed by atoms with van der Waals surface area (Å²) < 4.78 is 2.27. The van der Waals surface area contributed by atoms with Gasteiger partial charge in [-0.1, -0.05) is 40.0 Å². The van der Waals surface area contributed by atoms with Crippen LogP contribution in [0.5, 0.6) is 0 Å². The predicted octanol–water partition coefficient (Wildman–Crippen LogP) is 2.70. The lowest BCUT2D eigenvalue weighted by molar-refractivity contribution is 0.300. The summed E-state index contributed by atoms with van der Waals surface area (Å²) >= 11 is 0. The predicted molar refractivity (Wildman–Crippen MR) is 73.3 cm³/mol. The van der Waals surface area contributed by atoms with Gasteiger partial charge in [-0.05, 0) is 18.3 Å². The van der Waals surface area contributed by atoms with Crippen LogP contribution in [0.1, 0.15) is 64.7 Å². The molecule has 1 unspecified atom stereocenters. The first-order valence-electron chi connectivity index (χ1n) is 7.12. The summed E-state index contributed by atoms with van der Waals surface area (Å²) in [6, 6.07) is 0.722. The molecule has 1 aromatic rings. The standard InChI is InChI=1S/C14H26N4/c1-14(2,3)12(15)9-13-17-16-10-18(13)11-7-5-4-6-8-11/h10-12H,4-9,15H2,1-3H3. The molecule has 2 rings (SSSR count). The summed E-state index contributed by atoms with van der Waals surface area (Å²) in [7, 11) is 0. The summed E-state index contributed by atoms with van der Waals surface area (Å²) in [5, 5.41) is 8.37. The van der Waals surface area contributed by atoms with Gasteiger partial charge in [0.1, 0.15) is 12.2 Å². The summed E-state index contributed by atoms with van der Waals surface area (Å²) in [6.45, 7) is 6.54. The molecule has 0 radical (unpaired) electrons. The number of aromatic nitrogens is 3. The van der Waals surface area contributed by atoms with Gasteiger partial charge in [-0.15, -0.1) is 10.2 Å². The van der Waals surface area contributed by atoms with E-state index in [1.165, 1.54) is 32.1 Å². The summed E-state index contributed by atoms with van der Waals surface area (Å²) in [5.74, 6) is 1.06. The Morgan fingerprint density at radius 3 is 2.61 bits per heavy atom. The van der Waals surface area contributed by atoms with Crippen LogP contribution in [0, 0.1) is 5.41 Å². The van der Waals surface area contributed by atoms with Crippen LogP contribution in [0.4, 0.5) is 0 Å². The third kappa shape index (κ3) is 3.10. The smallest absolute Gasteiger partial charge is 0.134 e. The van der Waals surface area contributed by atoms with E-state index >= 15 is 0 Å². The average molecular weight is 250 g/mol. The highest BCUT2D eigenvalue weighted by atomic mass is 15.3. The molecule has 0 bridgehead atoms. The van der Waals surface area contributed by atoms with E-state index in [-0.39, 0.29) is 11.5 Å². The maximum atomic E-state index is 6.26. The number of hydrogen-bond donors (Lipinski definition) is 1. The Hall–Kier alpha value is -0.900. The van der Waals surface area contributed by atoms with Gasteiger partial charge in [0.05, 0.1) is 0 Å². The van der Waals surface area contributed by atoms with Crippen LogP contribution in [0.2, 0.25) is 0 Å². The molecule has 1 saturated carbocycles. The van der Waals surface area contributed by atoms with Crippen molar-refractivity contribution in [2.24, 2.45) is 11.1 Å². The van der Waals surface area contributed by atoms with Gasteiger partial charge >= 0.3 is 0 Å². The van der Waals surface area contributed by atoms with Crippen molar-refractivity contribution in [3.63, 3.8) is 0 Å². The Morgan fingerprint density at radius 2 is 2.00 bits per heavy atom. The second-order valence-electron chi connectivity index (χ2n) is 6.62. The first-order chi connectivity index (χ1) is 8.48. The van der Waals surface area contributed by atoms with E-state index in [9.17, 15) is 0 Å². The second kappa shape index (κ2) is 5.39. The van der Waals surface area contributed by atoms with Gasteiger partial charge in [-0.2, -0.15) is 0 Å². The minimum Gasteiger partial charge on any atom is -0.327 e. The number of nitrogens with zero attached hydrogens (tertiary/aromatic N) is 3. The van der Waals surface area contributed by atoms with E-state index in [2.05, 4.69) is 35.5 Å². The average Bonchev–Trinajstić information content (AvgIpc) is 2.77. The maximum absolute atomic E-state index is 6.26. The fourth-order valence-electron chi connectivity index (χ4n) is 2.58. The van der Waals surface area contributed by atoms with Crippen LogP contribution in [0.3, 0.4) is 0 Å². The highest BCUT2D eigenvalue weighted by Crippen LogP contribution is 2.29. The zero-order valence-electron chi connectivity index (χ0n) is 11.9. The molecular weight excluding hydrogens is 224 g/mol. The summed E-state index contributed by atoms with van der Waals surface area (Å²) in [4.78, 5) is 0. The molecule has 1 aliphatic carbocycles. The summed E-state index contributed by atoms with van der Waals surface area (Å²) in [5.41, 5.74) is 6.37. The topological polar surface area (TPSA) is 56.7 Å². The zero-order chi connectivity index (χ0) is 13.2. The molecule has 1 atom stereocenters. The molecule has 0 aliphatic heterocycles. The molecule has 18 heavy (non-hydrogen) atoms. The quantitative estimate of drug-likeness (QED) is 0.897. The van der Waals surface area contributed by atoms with Crippen molar-refractivity contribution < 1.29 is 0 Å². The molecule has 1 aliphatic rings. The van der Waals surface area contributed by atoms with Crippen LogP contribution < -0.4 is 5.73 Å². The highest BCUT2D eigenvalue weighted by Gasteiger charge is 2.25. The molecule has 0 amide bonds. The third-order valence-electron chi connectivity index (χ3n) is 4.13. The zero-order valence-corrected chi connectivity index (χ0v) is 11.9. The van der Waals surface area contributed by atoms with Gasteiger partial charge in [0.15, 0.2) is 0 Å². The van der Waals surface area contributed by atoms with Crippen LogP contribution in [-0.4, -0.2) is 20.8 Å². The minimum atomic E-state index is 0.114. The Kier molecular flexibility index (Phi) is 4.05. The molecule has 2 N–H and O–H groups in total. The first kappa shape index (κ1) is 13.5. The van der Waals surface area contributed by atoms with Crippen molar-refractivity contribution in [1.29, 1.82) is 0 Å². The van der Waals surface area contributed by atoms with Gasteiger partial charge in [-0.3, -0.25) is 0 Å². The Bertz CT molecular complexity index is 371. The Labute approximate surface area is 110 Å². The van der Waals surface area contributed by atoms with E-state index in [1.54, 1.807) is 0 Å². The molecule has 0 aromatic carbocycles. The third-order valence-corrected chi connectivity index (χ3v) is 4.13. The Morgan fingerprint density at radius 1 is 1.33 bits per heavy atom. The van der Waals surface area contributed by atoms with Gasteiger partial charge in [0.2, 0.25) is 0 Å². The van der Waals surface area contributed by atoms with Crippen molar-refractivity contribution in [2.45, 2.75) is 71.4 Å². The number of nitrogens with two attached hydrogens (primary N) is 1. The molecule has 4 nitrogen and oxygen atoms in total. The fourth-order valence-corrected chi connectivity index (χ4v) is 2.58.